The Labute approximate surface area is 122 Å². The predicted octanol–water partition coefficient (Wildman–Crippen LogP) is 0.782. The van der Waals surface area contributed by atoms with Gasteiger partial charge < -0.3 is 14.8 Å². The van der Waals surface area contributed by atoms with Crippen LogP contribution in [0.1, 0.15) is 25.3 Å². The molecule has 7 heteroatoms. The first-order chi connectivity index (χ1) is 10.2. The van der Waals surface area contributed by atoms with Crippen molar-refractivity contribution in [3.8, 4) is 11.5 Å². The summed E-state index contributed by atoms with van der Waals surface area (Å²) in [6.45, 7) is 2.68. The van der Waals surface area contributed by atoms with E-state index in [0.29, 0.717) is 18.0 Å². The van der Waals surface area contributed by atoms with Crippen LogP contribution < -0.4 is 20.2 Å². The second-order valence-corrected chi connectivity index (χ2v) is 4.42. The van der Waals surface area contributed by atoms with Gasteiger partial charge in [-0.2, -0.15) is 5.10 Å². The molecule has 1 heterocycles. The largest absolute Gasteiger partial charge is 0.454 e. The lowest BCUT2D eigenvalue weighted by atomic mass is 10.2. The molecule has 0 fully saturated rings. The van der Waals surface area contributed by atoms with Crippen LogP contribution in [-0.4, -0.2) is 31.4 Å². The van der Waals surface area contributed by atoms with Crippen LogP contribution in [0.3, 0.4) is 0 Å². The van der Waals surface area contributed by atoms with Crippen LogP contribution in [0.5, 0.6) is 11.5 Å². The van der Waals surface area contributed by atoms with Crippen molar-refractivity contribution in [2.45, 2.75) is 19.8 Å². The first kappa shape index (κ1) is 14.8. The van der Waals surface area contributed by atoms with Gasteiger partial charge in [-0.05, 0) is 30.2 Å². The maximum atomic E-state index is 11.4. The van der Waals surface area contributed by atoms with Crippen LogP contribution in [0.15, 0.2) is 23.3 Å². The van der Waals surface area contributed by atoms with Gasteiger partial charge >= 0.3 is 11.8 Å². The van der Waals surface area contributed by atoms with Crippen molar-refractivity contribution in [3.63, 3.8) is 0 Å². The Kier molecular flexibility index (Phi) is 5.14. The van der Waals surface area contributed by atoms with Gasteiger partial charge in [-0.3, -0.25) is 9.59 Å². The molecule has 1 aliphatic heterocycles. The zero-order valence-corrected chi connectivity index (χ0v) is 11.7. The zero-order chi connectivity index (χ0) is 15.1. The van der Waals surface area contributed by atoms with Gasteiger partial charge in [-0.25, -0.2) is 5.43 Å². The molecule has 7 nitrogen and oxygen atoms in total. The standard InChI is InChI=1S/C14H17N3O4/c1-2-3-6-15-13(18)14(19)17-16-8-10-4-5-11-12(7-10)21-9-20-11/h4-5,7-8H,2-3,6,9H2,1H3,(H,15,18)(H,17,19)/b16-8-. The molecule has 0 radical (unpaired) electrons. The molecule has 0 atom stereocenters. The second-order valence-electron chi connectivity index (χ2n) is 4.42. The summed E-state index contributed by atoms with van der Waals surface area (Å²) in [4.78, 5) is 22.8. The van der Waals surface area contributed by atoms with E-state index in [1.54, 1.807) is 18.2 Å². The van der Waals surface area contributed by atoms with Gasteiger partial charge in [0, 0.05) is 6.54 Å². The Balaban J connectivity index is 1.82. The van der Waals surface area contributed by atoms with Crippen molar-refractivity contribution >= 4 is 18.0 Å². The molecular weight excluding hydrogens is 274 g/mol. The lowest BCUT2D eigenvalue weighted by Gasteiger charge is -2.02. The van der Waals surface area contributed by atoms with Crippen LogP contribution in [0, 0.1) is 0 Å². The van der Waals surface area contributed by atoms with Gasteiger partial charge in [-0.15, -0.1) is 0 Å². The van der Waals surface area contributed by atoms with E-state index in [9.17, 15) is 9.59 Å². The number of hydrogen-bond donors (Lipinski definition) is 2. The van der Waals surface area contributed by atoms with Crippen molar-refractivity contribution in [3.05, 3.63) is 23.8 Å². The van der Waals surface area contributed by atoms with Crippen LogP contribution in [0.4, 0.5) is 0 Å². The number of benzene rings is 1. The molecular formula is C14H17N3O4. The monoisotopic (exact) mass is 291 g/mol. The molecule has 1 aromatic rings. The predicted molar refractivity (Wildman–Crippen MR) is 76.2 cm³/mol. The third-order valence-corrected chi connectivity index (χ3v) is 2.80. The molecule has 1 aromatic carbocycles. The number of unbranched alkanes of at least 4 members (excludes halogenated alkanes) is 1. The quantitative estimate of drug-likeness (QED) is 0.363. The number of amides is 2. The third kappa shape index (κ3) is 4.20. The lowest BCUT2D eigenvalue weighted by Crippen LogP contribution is -2.38. The van der Waals surface area contributed by atoms with E-state index in [-0.39, 0.29) is 6.79 Å². The Bertz CT molecular complexity index is 557. The number of fused-ring (bicyclic) bond motifs is 1. The summed E-state index contributed by atoms with van der Waals surface area (Å²) in [6.07, 6.45) is 3.21. The highest BCUT2D eigenvalue weighted by Gasteiger charge is 2.13. The molecule has 2 N–H and O–H groups in total. The van der Waals surface area contributed by atoms with E-state index in [2.05, 4.69) is 15.8 Å². The highest BCUT2D eigenvalue weighted by molar-refractivity contribution is 6.35. The fourth-order valence-corrected chi connectivity index (χ4v) is 1.67. The summed E-state index contributed by atoms with van der Waals surface area (Å²) >= 11 is 0. The lowest BCUT2D eigenvalue weighted by molar-refractivity contribution is -0.139. The smallest absolute Gasteiger partial charge is 0.329 e. The highest BCUT2D eigenvalue weighted by Crippen LogP contribution is 2.31. The maximum absolute atomic E-state index is 11.4. The summed E-state index contributed by atoms with van der Waals surface area (Å²) in [5.74, 6) is -0.177. The minimum absolute atomic E-state index is 0.199. The van der Waals surface area contributed by atoms with Crippen molar-refractivity contribution in [2.24, 2.45) is 5.10 Å². The number of nitrogens with one attached hydrogen (secondary N) is 2. The molecule has 0 saturated heterocycles. The number of hydrogen-bond acceptors (Lipinski definition) is 5. The summed E-state index contributed by atoms with van der Waals surface area (Å²) < 4.78 is 10.4. The minimum Gasteiger partial charge on any atom is -0.454 e. The van der Waals surface area contributed by atoms with Gasteiger partial charge in [-0.1, -0.05) is 13.3 Å². The Morgan fingerprint density at radius 2 is 2.10 bits per heavy atom. The molecule has 0 saturated carbocycles. The van der Waals surface area contributed by atoms with E-state index >= 15 is 0 Å². The first-order valence-corrected chi connectivity index (χ1v) is 6.71. The number of ether oxygens (including phenoxy) is 2. The fourth-order valence-electron chi connectivity index (χ4n) is 1.67. The second kappa shape index (κ2) is 7.28. The van der Waals surface area contributed by atoms with Gasteiger partial charge in [0.1, 0.15) is 0 Å². The van der Waals surface area contributed by atoms with E-state index in [0.717, 1.165) is 18.4 Å². The van der Waals surface area contributed by atoms with Crippen LogP contribution >= 0.6 is 0 Å². The topological polar surface area (TPSA) is 89.0 Å². The minimum atomic E-state index is -0.789. The van der Waals surface area contributed by atoms with E-state index < -0.39 is 11.8 Å². The van der Waals surface area contributed by atoms with Crippen LogP contribution in [0.2, 0.25) is 0 Å². The van der Waals surface area contributed by atoms with Crippen molar-refractivity contribution < 1.29 is 19.1 Å². The van der Waals surface area contributed by atoms with Gasteiger partial charge in [0.25, 0.3) is 0 Å². The summed E-state index contributed by atoms with van der Waals surface area (Å²) in [7, 11) is 0. The normalized spacial score (nSPS) is 12.4. The Hall–Kier alpha value is -2.57. The summed E-state index contributed by atoms with van der Waals surface area (Å²) in [6, 6.07) is 5.26. The number of rotatable bonds is 5. The summed E-state index contributed by atoms with van der Waals surface area (Å²) in [5.41, 5.74) is 2.90. The van der Waals surface area contributed by atoms with Gasteiger partial charge in [0.15, 0.2) is 11.5 Å². The SMILES string of the molecule is CCCCNC(=O)C(=O)N/N=C\c1ccc2c(c1)OCO2. The number of carbonyl (C=O) groups excluding carboxylic acids is 2. The zero-order valence-electron chi connectivity index (χ0n) is 11.7. The molecule has 0 spiro atoms. The molecule has 1 aliphatic rings. The molecule has 0 aromatic heterocycles. The average Bonchev–Trinajstić information content (AvgIpc) is 2.94. The van der Waals surface area contributed by atoms with E-state index in [1.165, 1.54) is 6.21 Å². The van der Waals surface area contributed by atoms with Crippen molar-refractivity contribution in [1.82, 2.24) is 10.7 Å². The first-order valence-electron chi connectivity index (χ1n) is 6.71. The maximum Gasteiger partial charge on any atom is 0.329 e. The molecule has 0 unspecified atom stereocenters. The van der Waals surface area contributed by atoms with Crippen molar-refractivity contribution in [1.29, 1.82) is 0 Å². The number of hydrazone groups is 1. The highest BCUT2D eigenvalue weighted by atomic mass is 16.7. The molecule has 0 bridgehead atoms. The Morgan fingerprint density at radius 3 is 2.90 bits per heavy atom. The van der Waals surface area contributed by atoms with Gasteiger partial charge in [0.05, 0.1) is 6.21 Å². The molecule has 2 amide bonds. The van der Waals surface area contributed by atoms with E-state index in [4.69, 9.17) is 9.47 Å². The fraction of sp³-hybridized carbons (Fsp3) is 0.357. The van der Waals surface area contributed by atoms with Gasteiger partial charge in [0.2, 0.25) is 6.79 Å². The molecule has 21 heavy (non-hydrogen) atoms. The molecule has 0 aliphatic carbocycles. The van der Waals surface area contributed by atoms with Crippen molar-refractivity contribution in [2.75, 3.05) is 13.3 Å². The third-order valence-electron chi connectivity index (χ3n) is 2.80. The average molecular weight is 291 g/mol. The Morgan fingerprint density at radius 1 is 1.29 bits per heavy atom. The van der Waals surface area contributed by atoms with Crippen LogP contribution in [-0.2, 0) is 9.59 Å². The molecule has 2 rings (SSSR count). The number of nitrogens with zero attached hydrogens (tertiary/aromatic N) is 1. The van der Waals surface area contributed by atoms with Crippen LogP contribution in [0.25, 0.3) is 0 Å². The number of carbonyl (C=O) groups is 2. The summed E-state index contributed by atoms with van der Waals surface area (Å²) in [5, 5.41) is 6.24. The molecule has 112 valence electrons. The van der Waals surface area contributed by atoms with E-state index in [1.807, 2.05) is 6.92 Å².